The van der Waals surface area contributed by atoms with E-state index < -0.39 is 0 Å². The fraction of sp³-hybridized carbons (Fsp3) is 0.154. The van der Waals surface area contributed by atoms with Crippen LogP contribution in [0, 0.1) is 0 Å². The first-order chi connectivity index (χ1) is 10.8. The number of nitrogens with zero attached hydrogens (tertiary/aromatic N) is 4. The number of aromatic nitrogens is 5. The number of hydrogen-bond acceptors (Lipinski definition) is 7. The second kappa shape index (κ2) is 6.31. The van der Waals surface area contributed by atoms with Gasteiger partial charge in [-0.3, -0.25) is 4.79 Å². The quantitative estimate of drug-likeness (QED) is 0.664. The smallest absolute Gasteiger partial charge is 0.275 e. The summed E-state index contributed by atoms with van der Waals surface area (Å²) in [5.41, 5.74) is 1.66. The van der Waals surface area contributed by atoms with Crippen LogP contribution in [0.5, 0.6) is 0 Å². The minimum Gasteiger partial charge on any atom is -0.362 e. The maximum atomic E-state index is 12.3. The van der Waals surface area contributed by atoms with E-state index >= 15 is 0 Å². The number of carbonyl (C=O) groups excluding carboxylic acids is 1. The van der Waals surface area contributed by atoms with Crippen molar-refractivity contribution in [2.45, 2.75) is 6.92 Å². The Labute approximate surface area is 130 Å². The van der Waals surface area contributed by atoms with Gasteiger partial charge in [0.1, 0.15) is 5.69 Å². The van der Waals surface area contributed by atoms with E-state index in [1.165, 1.54) is 11.3 Å². The fourth-order valence-electron chi connectivity index (χ4n) is 1.86. The molecule has 0 radical (unpaired) electrons. The molecule has 0 spiro atoms. The summed E-state index contributed by atoms with van der Waals surface area (Å²) in [5.74, 6) is 0.138. The standard InChI is InChI=1S/C13H13N7OS/c1-2-14-13-16-10(7-22-13)12(21)15-9-6-4-3-5-8(9)11-17-19-20-18-11/h3-7H,2H2,1H3,(H,14,16)(H,15,21)(H,17,18,19,20). The van der Waals surface area contributed by atoms with Crippen LogP contribution >= 0.6 is 11.3 Å². The zero-order valence-electron chi connectivity index (χ0n) is 11.7. The highest BCUT2D eigenvalue weighted by atomic mass is 32.1. The van der Waals surface area contributed by atoms with Crippen LogP contribution in [0.1, 0.15) is 17.4 Å². The molecule has 0 saturated heterocycles. The number of carbonyl (C=O) groups is 1. The summed E-state index contributed by atoms with van der Waals surface area (Å²) in [6.07, 6.45) is 0. The summed E-state index contributed by atoms with van der Waals surface area (Å²) in [5, 5.41) is 22.1. The Hall–Kier alpha value is -2.81. The van der Waals surface area contributed by atoms with Crippen molar-refractivity contribution in [2.24, 2.45) is 0 Å². The Morgan fingerprint density at radius 1 is 1.36 bits per heavy atom. The molecule has 112 valence electrons. The van der Waals surface area contributed by atoms with Crippen LogP contribution in [-0.2, 0) is 0 Å². The van der Waals surface area contributed by atoms with E-state index in [-0.39, 0.29) is 5.91 Å². The average Bonchev–Trinajstić information content (AvgIpc) is 3.19. The van der Waals surface area contributed by atoms with Crippen molar-refractivity contribution in [3.05, 3.63) is 35.3 Å². The molecule has 3 N–H and O–H groups in total. The number of aromatic amines is 1. The first-order valence-corrected chi connectivity index (χ1v) is 7.49. The van der Waals surface area contributed by atoms with Crippen LogP contribution in [0.25, 0.3) is 11.4 Å². The van der Waals surface area contributed by atoms with Gasteiger partial charge < -0.3 is 10.6 Å². The van der Waals surface area contributed by atoms with E-state index in [0.717, 1.165) is 11.7 Å². The number of anilines is 2. The molecule has 0 bridgehead atoms. The van der Waals surface area contributed by atoms with Crippen LogP contribution < -0.4 is 10.6 Å². The molecule has 0 fully saturated rings. The molecule has 0 unspecified atom stereocenters. The molecule has 0 atom stereocenters. The fourth-order valence-corrected chi connectivity index (χ4v) is 2.62. The van der Waals surface area contributed by atoms with E-state index in [1.807, 2.05) is 25.1 Å². The lowest BCUT2D eigenvalue weighted by Crippen LogP contribution is -2.13. The number of thiazole rings is 1. The zero-order chi connectivity index (χ0) is 15.4. The van der Waals surface area contributed by atoms with Crippen molar-refractivity contribution < 1.29 is 4.79 Å². The summed E-state index contributed by atoms with van der Waals surface area (Å²) in [6.45, 7) is 2.73. The monoisotopic (exact) mass is 315 g/mol. The molecule has 3 rings (SSSR count). The third kappa shape index (κ3) is 2.93. The Morgan fingerprint density at radius 3 is 3.00 bits per heavy atom. The largest absolute Gasteiger partial charge is 0.362 e. The highest BCUT2D eigenvalue weighted by Crippen LogP contribution is 2.25. The van der Waals surface area contributed by atoms with Crippen molar-refractivity contribution in [2.75, 3.05) is 17.2 Å². The van der Waals surface area contributed by atoms with Gasteiger partial charge in [0.15, 0.2) is 5.13 Å². The Bertz CT molecular complexity index is 768. The van der Waals surface area contributed by atoms with Crippen LogP contribution in [0.4, 0.5) is 10.8 Å². The minimum absolute atomic E-state index is 0.281. The van der Waals surface area contributed by atoms with Gasteiger partial charge in [-0.15, -0.1) is 21.5 Å². The van der Waals surface area contributed by atoms with Gasteiger partial charge in [-0.1, -0.05) is 12.1 Å². The van der Waals surface area contributed by atoms with Gasteiger partial charge >= 0.3 is 0 Å². The average molecular weight is 315 g/mol. The molecule has 2 heterocycles. The Balaban J connectivity index is 1.82. The molecular weight excluding hydrogens is 302 g/mol. The molecule has 1 amide bonds. The summed E-state index contributed by atoms with van der Waals surface area (Å²) < 4.78 is 0. The topological polar surface area (TPSA) is 108 Å². The van der Waals surface area contributed by atoms with Gasteiger partial charge in [0.05, 0.1) is 5.69 Å². The first-order valence-electron chi connectivity index (χ1n) is 6.61. The van der Waals surface area contributed by atoms with Gasteiger partial charge in [-0.05, 0) is 24.3 Å². The lowest BCUT2D eigenvalue weighted by molar-refractivity contribution is 0.102. The van der Waals surface area contributed by atoms with E-state index in [1.54, 1.807) is 11.4 Å². The number of rotatable bonds is 5. The van der Waals surface area contributed by atoms with Gasteiger partial charge in [0.2, 0.25) is 5.82 Å². The van der Waals surface area contributed by atoms with Crippen LogP contribution in [0.15, 0.2) is 29.6 Å². The molecule has 0 aliphatic rings. The maximum Gasteiger partial charge on any atom is 0.275 e. The molecule has 1 aromatic carbocycles. The molecular formula is C13H13N7OS. The van der Waals surface area contributed by atoms with E-state index in [4.69, 9.17) is 0 Å². The summed E-state index contributed by atoms with van der Waals surface area (Å²) in [7, 11) is 0. The van der Waals surface area contributed by atoms with Crippen molar-refractivity contribution in [1.82, 2.24) is 25.6 Å². The maximum absolute atomic E-state index is 12.3. The van der Waals surface area contributed by atoms with Crippen LogP contribution in [0.2, 0.25) is 0 Å². The predicted octanol–water partition coefficient (Wildman–Crippen LogP) is 2.01. The molecule has 3 aromatic rings. The lowest BCUT2D eigenvalue weighted by Gasteiger charge is -2.07. The number of nitrogens with one attached hydrogen (secondary N) is 3. The summed E-state index contributed by atoms with van der Waals surface area (Å²) in [6, 6.07) is 7.25. The SMILES string of the molecule is CCNc1nc(C(=O)Nc2ccccc2-c2nn[nH]n2)cs1. The number of hydrogen-bond donors (Lipinski definition) is 3. The van der Waals surface area contributed by atoms with Gasteiger partial charge in [-0.25, -0.2) is 4.98 Å². The van der Waals surface area contributed by atoms with E-state index in [2.05, 4.69) is 36.2 Å². The number of benzene rings is 1. The zero-order valence-corrected chi connectivity index (χ0v) is 12.5. The molecule has 2 aromatic heterocycles. The van der Waals surface area contributed by atoms with Crippen molar-refractivity contribution in [3.63, 3.8) is 0 Å². The van der Waals surface area contributed by atoms with Crippen molar-refractivity contribution >= 4 is 28.1 Å². The molecule has 9 heteroatoms. The molecule has 22 heavy (non-hydrogen) atoms. The minimum atomic E-state index is -0.281. The predicted molar refractivity (Wildman–Crippen MR) is 83.8 cm³/mol. The van der Waals surface area contributed by atoms with Crippen LogP contribution in [-0.4, -0.2) is 38.1 Å². The highest BCUT2D eigenvalue weighted by Gasteiger charge is 2.14. The third-order valence-corrected chi connectivity index (χ3v) is 3.63. The molecule has 0 aliphatic heterocycles. The van der Waals surface area contributed by atoms with Crippen LogP contribution in [0.3, 0.4) is 0 Å². The second-order valence-electron chi connectivity index (χ2n) is 4.30. The normalized spacial score (nSPS) is 10.4. The van der Waals surface area contributed by atoms with E-state index in [9.17, 15) is 4.79 Å². The van der Waals surface area contributed by atoms with E-state index in [0.29, 0.717) is 22.8 Å². The molecule has 0 aliphatic carbocycles. The third-order valence-electron chi connectivity index (χ3n) is 2.83. The van der Waals surface area contributed by atoms with Crippen molar-refractivity contribution in [3.8, 4) is 11.4 Å². The van der Waals surface area contributed by atoms with Crippen molar-refractivity contribution in [1.29, 1.82) is 0 Å². The molecule has 8 nitrogen and oxygen atoms in total. The second-order valence-corrected chi connectivity index (χ2v) is 5.16. The Morgan fingerprint density at radius 2 is 2.23 bits per heavy atom. The first kappa shape index (κ1) is 14.1. The summed E-state index contributed by atoms with van der Waals surface area (Å²) in [4.78, 5) is 16.5. The van der Waals surface area contributed by atoms with Gasteiger partial charge in [-0.2, -0.15) is 5.21 Å². The number of para-hydroxylation sites is 1. The number of tetrazole rings is 1. The highest BCUT2D eigenvalue weighted by molar-refractivity contribution is 7.13. The van der Waals surface area contributed by atoms with Gasteiger partial charge in [0, 0.05) is 17.5 Å². The molecule has 0 saturated carbocycles. The lowest BCUT2D eigenvalue weighted by atomic mass is 10.1. The van der Waals surface area contributed by atoms with Gasteiger partial charge in [0.25, 0.3) is 5.91 Å². The number of amides is 1. The summed E-state index contributed by atoms with van der Waals surface area (Å²) >= 11 is 1.39. The number of H-pyrrole nitrogens is 1. The Kier molecular flexibility index (Phi) is 4.05.